The van der Waals surface area contributed by atoms with Crippen LogP contribution < -0.4 is 0 Å². The second kappa shape index (κ2) is 6.83. The van der Waals surface area contributed by atoms with E-state index in [0.29, 0.717) is 29.4 Å². The van der Waals surface area contributed by atoms with E-state index in [2.05, 4.69) is 16.2 Å². The molecule has 2 heterocycles. The van der Waals surface area contributed by atoms with Crippen LogP contribution in [-0.4, -0.2) is 27.5 Å². The standard InChI is InChI=1S/C18H20N4O2/c1-12(2)16-20-17(24-21-16)15-8-3-4-9-22(15)18(23)14-7-5-6-13(10-14)11-19/h5-7,10,12,15H,3-4,8-9H2,1-2H3. The third kappa shape index (κ3) is 3.16. The van der Waals surface area contributed by atoms with E-state index < -0.39 is 0 Å². The Hall–Kier alpha value is -2.68. The molecule has 1 fully saturated rings. The Bertz CT molecular complexity index is 775. The molecule has 1 amide bonds. The number of hydrogen-bond acceptors (Lipinski definition) is 5. The van der Waals surface area contributed by atoms with Gasteiger partial charge in [-0.1, -0.05) is 25.1 Å². The molecule has 1 aromatic carbocycles. The lowest BCUT2D eigenvalue weighted by atomic mass is 10.00. The number of amides is 1. The van der Waals surface area contributed by atoms with Crippen LogP contribution in [-0.2, 0) is 0 Å². The summed E-state index contributed by atoms with van der Waals surface area (Å²) in [5, 5.41) is 13.0. The normalized spacial score (nSPS) is 17.8. The number of likely N-dealkylation sites (tertiary alicyclic amines) is 1. The molecule has 1 unspecified atom stereocenters. The second-order valence-electron chi connectivity index (χ2n) is 6.35. The number of nitriles is 1. The molecule has 1 aliphatic heterocycles. The van der Waals surface area contributed by atoms with Gasteiger partial charge in [-0.2, -0.15) is 10.2 Å². The highest BCUT2D eigenvalue weighted by Crippen LogP contribution is 2.31. The number of hydrogen-bond donors (Lipinski definition) is 0. The summed E-state index contributed by atoms with van der Waals surface area (Å²) in [7, 11) is 0. The highest BCUT2D eigenvalue weighted by molar-refractivity contribution is 5.94. The molecule has 6 nitrogen and oxygen atoms in total. The fraction of sp³-hybridized carbons (Fsp3) is 0.444. The third-order valence-electron chi connectivity index (χ3n) is 4.26. The molecule has 1 aliphatic rings. The summed E-state index contributed by atoms with van der Waals surface area (Å²) in [4.78, 5) is 19.2. The van der Waals surface area contributed by atoms with Gasteiger partial charge in [0.05, 0.1) is 11.6 Å². The van der Waals surface area contributed by atoms with Crippen molar-refractivity contribution < 1.29 is 9.32 Å². The molecule has 0 aliphatic carbocycles. The SMILES string of the molecule is CC(C)c1noc(C2CCCCN2C(=O)c2cccc(C#N)c2)n1. The molecule has 0 bridgehead atoms. The maximum absolute atomic E-state index is 12.9. The van der Waals surface area contributed by atoms with Crippen molar-refractivity contribution in [2.45, 2.75) is 45.1 Å². The van der Waals surface area contributed by atoms with Gasteiger partial charge in [-0.3, -0.25) is 4.79 Å². The van der Waals surface area contributed by atoms with Crippen LogP contribution in [0, 0.1) is 11.3 Å². The summed E-state index contributed by atoms with van der Waals surface area (Å²) >= 11 is 0. The van der Waals surface area contributed by atoms with Gasteiger partial charge in [0, 0.05) is 18.0 Å². The largest absolute Gasteiger partial charge is 0.337 e. The zero-order chi connectivity index (χ0) is 17.1. The molecular weight excluding hydrogens is 304 g/mol. The maximum Gasteiger partial charge on any atom is 0.254 e. The van der Waals surface area contributed by atoms with Crippen LogP contribution in [0.2, 0.25) is 0 Å². The van der Waals surface area contributed by atoms with E-state index in [1.54, 1.807) is 29.2 Å². The topological polar surface area (TPSA) is 83.0 Å². The molecule has 0 N–H and O–H groups in total. The molecule has 2 aromatic rings. The summed E-state index contributed by atoms with van der Waals surface area (Å²) < 4.78 is 5.42. The van der Waals surface area contributed by atoms with E-state index in [9.17, 15) is 4.79 Å². The maximum atomic E-state index is 12.9. The molecule has 24 heavy (non-hydrogen) atoms. The summed E-state index contributed by atoms with van der Waals surface area (Å²) in [6.45, 7) is 4.66. The van der Waals surface area contributed by atoms with E-state index in [1.165, 1.54) is 0 Å². The van der Waals surface area contributed by atoms with E-state index in [4.69, 9.17) is 9.78 Å². The van der Waals surface area contributed by atoms with Crippen LogP contribution in [0.5, 0.6) is 0 Å². The Kier molecular flexibility index (Phi) is 4.61. The van der Waals surface area contributed by atoms with Gasteiger partial charge in [0.15, 0.2) is 5.82 Å². The Labute approximate surface area is 141 Å². The highest BCUT2D eigenvalue weighted by Gasteiger charge is 2.32. The zero-order valence-electron chi connectivity index (χ0n) is 13.9. The molecule has 0 radical (unpaired) electrons. The van der Waals surface area contributed by atoms with Crippen LogP contribution in [0.15, 0.2) is 28.8 Å². The Morgan fingerprint density at radius 3 is 2.96 bits per heavy atom. The smallest absolute Gasteiger partial charge is 0.254 e. The first kappa shape index (κ1) is 16.2. The van der Waals surface area contributed by atoms with Crippen molar-refractivity contribution in [1.29, 1.82) is 5.26 Å². The minimum absolute atomic E-state index is 0.0962. The van der Waals surface area contributed by atoms with Crippen LogP contribution in [0.4, 0.5) is 0 Å². The third-order valence-corrected chi connectivity index (χ3v) is 4.26. The Morgan fingerprint density at radius 2 is 2.25 bits per heavy atom. The van der Waals surface area contributed by atoms with E-state index in [1.807, 2.05) is 13.8 Å². The van der Waals surface area contributed by atoms with Gasteiger partial charge >= 0.3 is 0 Å². The molecule has 1 aromatic heterocycles. The van der Waals surface area contributed by atoms with Crippen LogP contribution in [0.25, 0.3) is 0 Å². The zero-order valence-corrected chi connectivity index (χ0v) is 13.9. The van der Waals surface area contributed by atoms with Gasteiger partial charge in [0.1, 0.15) is 6.04 Å². The predicted molar refractivity (Wildman–Crippen MR) is 87.2 cm³/mol. The summed E-state index contributed by atoms with van der Waals surface area (Å²) in [6, 6.07) is 8.66. The minimum Gasteiger partial charge on any atom is -0.337 e. The van der Waals surface area contributed by atoms with Gasteiger partial charge < -0.3 is 9.42 Å². The lowest BCUT2D eigenvalue weighted by Crippen LogP contribution is -2.38. The minimum atomic E-state index is -0.197. The fourth-order valence-corrected chi connectivity index (χ4v) is 2.94. The van der Waals surface area contributed by atoms with E-state index in [-0.39, 0.29) is 17.9 Å². The quantitative estimate of drug-likeness (QED) is 0.863. The number of benzene rings is 1. The second-order valence-corrected chi connectivity index (χ2v) is 6.35. The van der Waals surface area contributed by atoms with Gasteiger partial charge in [0.25, 0.3) is 5.91 Å². The van der Waals surface area contributed by atoms with Crippen molar-refractivity contribution in [3.8, 4) is 6.07 Å². The van der Waals surface area contributed by atoms with Gasteiger partial charge in [-0.25, -0.2) is 0 Å². The van der Waals surface area contributed by atoms with Crippen LogP contribution in [0.3, 0.4) is 0 Å². The Balaban J connectivity index is 1.88. The van der Waals surface area contributed by atoms with E-state index in [0.717, 1.165) is 19.3 Å². The summed E-state index contributed by atoms with van der Waals surface area (Å²) in [5.41, 5.74) is 0.999. The van der Waals surface area contributed by atoms with Crippen LogP contribution in [0.1, 0.15) is 72.7 Å². The first-order valence-electron chi connectivity index (χ1n) is 8.24. The molecule has 1 atom stereocenters. The van der Waals surface area contributed by atoms with Gasteiger partial charge in [-0.05, 0) is 37.5 Å². The molecule has 124 valence electrons. The number of rotatable bonds is 3. The molecule has 6 heteroatoms. The van der Waals surface area contributed by atoms with Crippen molar-refractivity contribution in [2.75, 3.05) is 6.54 Å². The van der Waals surface area contributed by atoms with Crippen molar-refractivity contribution in [2.24, 2.45) is 0 Å². The molecule has 0 spiro atoms. The van der Waals surface area contributed by atoms with Gasteiger partial charge in [-0.15, -0.1) is 0 Å². The number of piperidine rings is 1. The average Bonchev–Trinajstić information content (AvgIpc) is 3.11. The van der Waals surface area contributed by atoms with Crippen molar-refractivity contribution in [3.05, 3.63) is 47.1 Å². The lowest BCUT2D eigenvalue weighted by Gasteiger charge is -2.33. The molecule has 1 saturated heterocycles. The first-order valence-corrected chi connectivity index (χ1v) is 8.24. The number of aromatic nitrogens is 2. The predicted octanol–water partition coefficient (Wildman–Crippen LogP) is 3.43. The molecule has 3 rings (SSSR count). The summed E-state index contributed by atoms with van der Waals surface area (Å²) in [6.07, 6.45) is 2.78. The first-order chi connectivity index (χ1) is 11.6. The van der Waals surface area contributed by atoms with Crippen molar-refractivity contribution in [1.82, 2.24) is 15.0 Å². The van der Waals surface area contributed by atoms with E-state index >= 15 is 0 Å². The molecular formula is C18H20N4O2. The lowest BCUT2D eigenvalue weighted by molar-refractivity contribution is 0.0561. The highest BCUT2D eigenvalue weighted by atomic mass is 16.5. The Morgan fingerprint density at radius 1 is 1.42 bits per heavy atom. The fourth-order valence-electron chi connectivity index (χ4n) is 2.94. The van der Waals surface area contributed by atoms with Crippen LogP contribution >= 0.6 is 0 Å². The summed E-state index contributed by atoms with van der Waals surface area (Å²) in [5.74, 6) is 1.25. The molecule has 0 saturated carbocycles. The monoisotopic (exact) mass is 324 g/mol. The van der Waals surface area contributed by atoms with Gasteiger partial charge in [0.2, 0.25) is 5.89 Å². The van der Waals surface area contributed by atoms with Crippen molar-refractivity contribution in [3.63, 3.8) is 0 Å². The number of carbonyl (C=O) groups is 1. The number of carbonyl (C=O) groups excluding carboxylic acids is 1. The van der Waals surface area contributed by atoms with Crippen molar-refractivity contribution >= 4 is 5.91 Å². The number of nitrogens with zero attached hydrogens (tertiary/aromatic N) is 4. The average molecular weight is 324 g/mol.